The lowest BCUT2D eigenvalue weighted by atomic mass is 10.1. The Balaban J connectivity index is 1.56. The molecule has 0 fully saturated rings. The average molecular weight is 447 g/mol. The van der Waals surface area contributed by atoms with Gasteiger partial charge in [0.2, 0.25) is 0 Å². The number of rotatable bonds is 4. The molecule has 0 spiro atoms. The highest BCUT2D eigenvalue weighted by Gasteiger charge is 2.20. The Hall–Kier alpha value is -3.98. The van der Waals surface area contributed by atoms with Gasteiger partial charge in [-0.25, -0.2) is 19.6 Å². The van der Waals surface area contributed by atoms with E-state index in [2.05, 4.69) is 20.3 Å². The number of halogens is 1. The SMILES string of the molecule is CC(C)n1nc(-c2ccn3c(C(=O)Nc4cccc(Cl)c4)cnc3c2)c2c(N)ncnc21. The van der Waals surface area contributed by atoms with Gasteiger partial charge in [-0.05, 0) is 44.2 Å². The Morgan fingerprint density at radius 1 is 1.16 bits per heavy atom. The van der Waals surface area contributed by atoms with Gasteiger partial charge in [0.15, 0.2) is 5.65 Å². The fourth-order valence-corrected chi connectivity index (χ4v) is 3.81. The van der Waals surface area contributed by atoms with Crippen LogP contribution < -0.4 is 11.1 Å². The normalized spacial score (nSPS) is 11.5. The monoisotopic (exact) mass is 446 g/mol. The van der Waals surface area contributed by atoms with E-state index in [1.54, 1.807) is 34.9 Å². The molecule has 0 aliphatic carbocycles. The first-order valence-corrected chi connectivity index (χ1v) is 10.3. The van der Waals surface area contributed by atoms with E-state index in [4.69, 9.17) is 22.4 Å². The zero-order chi connectivity index (χ0) is 22.4. The van der Waals surface area contributed by atoms with E-state index in [9.17, 15) is 4.79 Å². The Morgan fingerprint density at radius 3 is 2.78 bits per heavy atom. The third-order valence-electron chi connectivity index (χ3n) is 5.11. The van der Waals surface area contributed by atoms with Crippen molar-refractivity contribution < 1.29 is 4.79 Å². The lowest BCUT2D eigenvalue weighted by Gasteiger charge is -2.06. The second-order valence-electron chi connectivity index (χ2n) is 7.60. The van der Waals surface area contributed by atoms with Gasteiger partial charge in [-0.1, -0.05) is 17.7 Å². The topological polar surface area (TPSA) is 116 Å². The van der Waals surface area contributed by atoms with Crippen LogP contribution in [-0.4, -0.2) is 35.0 Å². The maximum Gasteiger partial charge on any atom is 0.274 e. The molecule has 0 unspecified atom stereocenters. The molecular weight excluding hydrogens is 428 g/mol. The van der Waals surface area contributed by atoms with Crippen LogP contribution in [0.15, 0.2) is 55.1 Å². The number of benzene rings is 1. The summed E-state index contributed by atoms with van der Waals surface area (Å²) in [4.78, 5) is 25.7. The highest BCUT2D eigenvalue weighted by atomic mass is 35.5. The van der Waals surface area contributed by atoms with Crippen LogP contribution in [0.25, 0.3) is 27.9 Å². The van der Waals surface area contributed by atoms with Gasteiger partial charge in [0.25, 0.3) is 5.91 Å². The number of imidazole rings is 1. The summed E-state index contributed by atoms with van der Waals surface area (Å²) >= 11 is 6.00. The minimum atomic E-state index is -0.292. The van der Waals surface area contributed by atoms with Crippen molar-refractivity contribution in [1.29, 1.82) is 0 Å². The number of anilines is 2. The molecule has 0 radical (unpaired) electrons. The van der Waals surface area contributed by atoms with Gasteiger partial charge in [-0.3, -0.25) is 9.20 Å². The Kier molecular flexibility index (Phi) is 4.75. The van der Waals surface area contributed by atoms with Crippen molar-refractivity contribution in [3.05, 3.63) is 65.8 Å². The first kappa shape index (κ1) is 20.0. The predicted molar refractivity (Wildman–Crippen MR) is 124 cm³/mol. The van der Waals surface area contributed by atoms with Crippen LogP contribution in [0.3, 0.4) is 0 Å². The number of fused-ring (bicyclic) bond motifs is 2. The van der Waals surface area contributed by atoms with E-state index in [1.165, 1.54) is 12.5 Å². The number of nitrogens with two attached hydrogens (primary N) is 1. The summed E-state index contributed by atoms with van der Waals surface area (Å²) in [6, 6.07) is 10.8. The van der Waals surface area contributed by atoms with Gasteiger partial charge < -0.3 is 11.1 Å². The molecular formula is C22H19ClN8O. The molecule has 3 N–H and O–H groups in total. The van der Waals surface area contributed by atoms with E-state index in [0.29, 0.717) is 44.6 Å². The maximum absolute atomic E-state index is 12.8. The van der Waals surface area contributed by atoms with E-state index in [0.717, 1.165) is 5.56 Å². The number of carbonyl (C=O) groups is 1. The van der Waals surface area contributed by atoms with Crippen LogP contribution in [-0.2, 0) is 0 Å². The van der Waals surface area contributed by atoms with E-state index >= 15 is 0 Å². The average Bonchev–Trinajstić information content (AvgIpc) is 3.36. The molecule has 10 heteroatoms. The van der Waals surface area contributed by atoms with Gasteiger partial charge >= 0.3 is 0 Å². The largest absolute Gasteiger partial charge is 0.383 e. The number of hydrogen-bond acceptors (Lipinski definition) is 6. The molecule has 0 atom stereocenters. The molecule has 9 nitrogen and oxygen atoms in total. The molecule has 160 valence electrons. The number of pyridine rings is 1. The smallest absolute Gasteiger partial charge is 0.274 e. The number of aromatic nitrogens is 6. The molecule has 0 aliphatic heterocycles. The minimum Gasteiger partial charge on any atom is -0.383 e. The lowest BCUT2D eigenvalue weighted by Crippen LogP contribution is -2.14. The Bertz CT molecular complexity index is 1490. The van der Waals surface area contributed by atoms with Crippen LogP contribution in [0.1, 0.15) is 30.4 Å². The zero-order valence-electron chi connectivity index (χ0n) is 17.3. The van der Waals surface area contributed by atoms with Gasteiger partial charge in [0.05, 0.1) is 11.6 Å². The summed E-state index contributed by atoms with van der Waals surface area (Å²) in [5.41, 5.74) is 9.91. The number of hydrogen-bond donors (Lipinski definition) is 2. The molecule has 4 heterocycles. The molecule has 5 rings (SSSR count). The second kappa shape index (κ2) is 7.61. The molecule has 5 aromatic rings. The van der Waals surface area contributed by atoms with E-state index in [-0.39, 0.29) is 11.9 Å². The fourth-order valence-electron chi connectivity index (χ4n) is 3.61. The van der Waals surface area contributed by atoms with Crippen molar-refractivity contribution in [1.82, 2.24) is 29.1 Å². The summed E-state index contributed by atoms with van der Waals surface area (Å²) in [5, 5.41) is 8.81. The highest BCUT2D eigenvalue weighted by Crippen LogP contribution is 2.32. The van der Waals surface area contributed by atoms with E-state index < -0.39 is 0 Å². The van der Waals surface area contributed by atoms with Crippen LogP contribution in [0.5, 0.6) is 0 Å². The van der Waals surface area contributed by atoms with Crippen molar-refractivity contribution in [3.63, 3.8) is 0 Å². The molecule has 0 saturated carbocycles. The van der Waals surface area contributed by atoms with Gasteiger partial charge in [-0.2, -0.15) is 5.10 Å². The number of carbonyl (C=O) groups excluding carboxylic acids is 1. The van der Waals surface area contributed by atoms with Crippen molar-refractivity contribution in [3.8, 4) is 11.3 Å². The number of nitrogens with zero attached hydrogens (tertiary/aromatic N) is 6. The summed E-state index contributed by atoms with van der Waals surface area (Å²) in [7, 11) is 0. The van der Waals surface area contributed by atoms with Crippen molar-refractivity contribution in [2.75, 3.05) is 11.1 Å². The summed E-state index contributed by atoms with van der Waals surface area (Å²) in [6.07, 6.45) is 4.75. The first-order chi connectivity index (χ1) is 15.4. The Morgan fingerprint density at radius 2 is 2.00 bits per heavy atom. The predicted octanol–water partition coefficient (Wildman–Crippen LogP) is 4.21. The quantitative estimate of drug-likeness (QED) is 0.427. The molecule has 4 aromatic heterocycles. The van der Waals surface area contributed by atoms with Crippen molar-refractivity contribution in [2.45, 2.75) is 19.9 Å². The molecule has 0 aliphatic rings. The lowest BCUT2D eigenvalue weighted by molar-refractivity contribution is 0.102. The van der Waals surface area contributed by atoms with Gasteiger partial charge in [-0.15, -0.1) is 0 Å². The maximum atomic E-state index is 12.8. The van der Waals surface area contributed by atoms with Crippen LogP contribution in [0, 0.1) is 0 Å². The fraction of sp³-hybridized carbons (Fsp3) is 0.136. The summed E-state index contributed by atoms with van der Waals surface area (Å²) < 4.78 is 3.53. The Labute approximate surface area is 187 Å². The molecule has 0 saturated heterocycles. The third kappa shape index (κ3) is 3.32. The van der Waals surface area contributed by atoms with E-state index in [1.807, 2.05) is 30.7 Å². The number of nitrogens with one attached hydrogen (secondary N) is 1. The van der Waals surface area contributed by atoms with Crippen LogP contribution in [0.4, 0.5) is 11.5 Å². The second-order valence-corrected chi connectivity index (χ2v) is 8.03. The summed E-state index contributed by atoms with van der Waals surface area (Å²) in [5.74, 6) is 0.0707. The third-order valence-corrected chi connectivity index (χ3v) is 5.34. The minimum absolute atomic E-state index is 0.0949. The zero-order valence-corrected chi connectivity index (χ0v) is 18.1. The van der Waals surface area contributed by atoms with Crippen LogP contribution in [0.2, 0.25) is 5.02 Å². The van der Waals surface area contributed by atoms with Gasteiger partial charge in [0.1, 0.15) is 29.2 Å². The summed E-state index contributed by atoms with van der Waals surface area (Å²) in [6.45, 7) is 4.05. The highest BCUT2D eigenvalue weighted by molar-refractivity contribution is 6.31. The van der Waals surface area contributed by atoms with Crippen molar-refractivity contribution in [2.24, 2.45) is 0 Å². The standard InChI is InChI=1S/C22H19ClN8O/c1-12(2)31-21-18(20(24)26-11-27-21)19(29-31)13-6-7-30-16(10-25-17(30)8-13)22(32)28-15-5-3-4-14(23)9-15/h3-12H,1-2H3,(H,28,32)(H2,24,26,27). The van der Waals surface area contributed by atoms with Gasteiger partial charge in [0, 0.05) is 28.5 Å². The first-order valence-electron chi connectivity index (χ1n) is 9.95. The van der Waals surface area contributed by atoms with Crippen molar-refractivity contribution >= 4 is 45.7 Å². The number of nitrogen functional groups attached to an aromatic ring is 1. The molecule has 1 amide bonds. The molecule has 0 bridgehead atoms. The molecule has 1 aromatic carbocycles. The van der Waals surface area contributed by atoms with Crippen LogP contribution >= 0.6 is 11.6 Å². The number of amides is 1. The molecule has 32 heavy (non-hydrogen) atoms.